The van der Waals surface area contributed by atoms with Gasteiger partial charge in [0.25, 0.3) is 0 Å². The van der Waals surface area contributed by atoms with Crippen LogP contribution in [0, 0.1) is 0 Å². The number of benzene rings is 1. The molecule has 1 unspecified atom stereocenters. The van der Waals surface area contributed by atoms with Gasteiger partial charge >= 0.3 is 5.97 Å². The lowest BCUT2D eigenvalue weighted by Gasteiger charge is -2.28. The van der Waals surface area contributed by atoms with Crippen LogP contribution in [0.1, 0.15) is 25.3 Å². The van der Waals surface area contributed by atoms with Crippen molar-refractivity contribution in [2.24, 2.45) is 0 Å². The van der Waals surface area contributed by atoms with Gasteiger partial charge in [0, 0.05) is 24.4 Å². The summed E-state index contributed by atoms with van der Waals surface area (Å²) in [6, 6.07) is 9.23. The normalized spacial score (nSPS) is 12.5. The van der Waals surface area contributed by atoms with Gasteiger partial charge in [0.05, 0.1) is 26.8 Å². The Bertz CT molecular complexity index is 1140. The van der Waals surface area contributed by atoms with Crippen LogP contribution in [0.2, 0.25) is 0 Å². The maximum absolute atomic E-state index is 12.6. The quantitative estimate of drug-likeness (QED) is 0.331. The minimum absolute atomic E-state index is 0.381. The van der Waals surface area contributed by atoms with Gasteiger partial charge in [-0.05, 0) is 44.0 Å². The van der Waals surface area contributed by atoms with Crippen LogP contribution in [0.4, 0.5) is 11.8 Å². The molecule has 9 heteroatoms. The van der Waals surface area contributed by atoms with Crippen LogP contribution in [0.15, 0.2) is 49.2 Å². The fraction of sp³-hybridized carbons (Fsp3) is 0.333. The largest absolute Gasteiger partial charge is 0.497 e. The summed E-state index contributed by atoms with van der Waals surface area (Å²) in [5.41, 5.74) is 1.08. The van der Waals surface area contributed by atoms with Gasteiger partial charge in [0.1, 0.15) is 22.6 Å². The summed E-state index contributed by atoms with van der Waals surface area (Å²) >= 11 is 0. The minimum atomic E-state index is -1.02. The van der Waals surface area contributed by atoms with Crippen LogP contribution in [-0.2, 0) is 16.1 Å². The molecule has 0 spiro atoms. The molecule has 0 saturated carbocycles. The number of anilines is 2. The number of pyridine rings is 1. The van der Waals surface area contributed by atoms with Crippen molar-refractivity contribution in [3.05, 3.63) is 54.7 Å². The molecule has 2 heterocycles. The summed E-state index contributed by atoms with van der Waals surface area (Å²) in [4.78, 5) is 26.2. The highest BCUT2D eigenvalue weighted by Gasteiger charge is 2.35. The fourth-order valence-electron chi connectivity index (χ4n) is 3.40. The van der Waals surface area contributed by atoms with E-state index in [2.05, 4.69) is 32.2 Å². The Balaban J connectivity index is 1.94. The smallest absolute Gasteiger partial charge is 0.331 e. The van der Waals surface area contributed by atoms with Crippen molar-refractivity contribution in [3.63, 3.8) is 0 Å². The predicted molar refractivity (Wildman–Crippen MR) is 128 cm³/mol. The molecule has 0 saturated heterocycles. The molecule has 0 aliphatic heterocycles. The zero-order valence-electron chi connectivity index (χ0n) is 19.3. The number of carbonyl (C=O) groups is 1. The Morgan fingerprint density at radius 2 is 2.00 bits per heavy atom. The first-order valence-electron chi connectivity index (χ1n) is 10.5. The molecule has 0 aliphatic rings. The minimum Gasteiger partial charge on any atom is -0.497 e. The lowest BCUT2D eigenvalue weighted by molar-refractivity contribution is -0.145. The van der Waals surface area contributed by atoms with E-state index < -0.39 is 11.5 Å². The molecule has 0 aliphatic carbocycles. The van der Waals surface area contributed by atoms with Crippen molar-refractivity contribution in [3.8, 4) is 11.5 Å². The highest BCUT2D eigenvalue weighted by molar-refractivity contribution is 5.90. The van der Waals surface area contributed by atoms with E-state index in [0.29, 0.717) is 53.7 Å². The second-order valence-electron chi connectivity index (χ2n) is 7.57. The number of nitrogens with one attached hydrogen (secondary N) is 2. The Hall–Kier alpha value is -3.88. The number of rotatable bonds is 11. The van der Waals surface area contributed by atoms with Gasteiger partial charge in [-0.25, -0.2) is 9.78 Å². The van der Waals surface area contributed by atoms with Crippen LogP contribution in [-0.4, -0.2) is 47.8 Å². The van der Waals surface area contributed by atoms with Crippen LogP contribution in [0.25, 0.3) is 11.0 Å². The number of hydrogen-bond donors (Lipinski definition) is 2. The first-order valence-corrected chi connectivity index (χ1v) is 10.5. The van der Waals surface area contributed by atoms with Crippen molar-refractivity contribution in [1.82, 2.24) is 15.0 Å². The number of hydrogen-bond acceptors (Lipinski definition) is 9. The average Bonchev–Trinajstić information content (AvgIpc) is 2.85. The van der Waals surface area contributed by atoms with Gasteiger partial charge in [0.15, 0.2) is 5.82 Å². The topological polar surface area (TPSA) is 107 Å². The van der Waals surface area contributed by atoms with Gasteiger partial charge < -0.3 is 24.8 Å². The van der Waals surface area contributed by atoms with Crippen molar-refractivity contribution in [1.29, 1.82) is 0 Å². The number of methoxy groups -OCH3 is 3. The molecule has 9 nitrogen and oxygen atoms in total. The van der Waals surface area contributed by atoms with Gasteiger partial charge in [0.2, 0.25) is 5.95 Å². The average molecular weight is 452 g/mol. The lowest BCUT2D eigenvalue weighted by Crippen LogP contribution is -2.44. The van der Waals surface area contributed by atoms with Crippen molar-refractivity contribution in [2.45, 2.75) is 31.8 Å². The predicted octanol–water partition coefficient (Wildman–Crippen LogP) is 3.96. The van der Waals surface area contributed by atoms with Crippen LogP contribution in [0.5, 0.6) is 11.5 Å². The van der Waals surface area contributed by atoms with Crippen molar-refractivity contribution in [2.75, 3.05) is 32.0 Å². The Kier molecular flexibility index (Phi) is 7.66. The van der Waals surface area contributed by atoms with E-state index in [4.69, 9.17) is 14.2 Å². The third-order valence-corrected chi connectivity index (χ3v) is 5.26. The van der Waals surface area contributed by atoms with Crippen LogP contribution >= 0.6 is 0 Å². The first-order chi connectivity index (χ1) is 15.9. The molecule has 0 radical (unpaired) electrons. The van der Waals surface area contributed by atoms with E-state index in [-0.39, 0.29) is 0 Å². The molecule has 0 fully saturated rings. The van der Waals surface area contributed by atoms with E-state index >= 15 is 0 Å². The molecule has 1 atom stereocenters. The lowest BCUT2D eigenvalue weighted by atomic mass is 9.95. The van der Waals surface area contributed by atoms with E-state index in [1.807, 2.05) is 24.3 Å². The third-order valence-electron chi connectivity index (χ3n) is 5.26. The Labute approximate surface area is 193 Å². The molecular weight excluding hydrogens is 422 g/mol. The maximum Gasteiger partial charge on any atom is 0.331 e. The van der Waals surface area contributed by atoms with Crippen LogP contribution in [0.3, 0.4) is 0 Å². The summed E-state index contributed by atoms with van der Waals surface area (Å²) in [6.45, 7) is 5.94. The summed E-state index contributed by atoms with van der Waals surface area (Å²) in [5, 5.41) is 6.48. The molecule has 33 heavy (non-hydrogen) atoms. The summed E-state index contributed by atoms with van der Waals surface area (Å²) in [5.74, 6) is 1.81. The maximum atomic E-state index is 12.6. The van der Waals surface area contributed by atoms with E-state index in [9.17, 15) is 4.79 Å². The number of allylic oxidation sites excluding steroid dienone is 1. The second-order valence-corrected chi connectivity index (χ2v) is 7.57. The third kappa shape index (κ3) is 5.49. The number of carbonyl (C=O) groups excluding carboxylic acids is 1. The zero-order valence-corrected chi connectivity index (χ0v) is 19.3. The highest BCUT2D eigenvalue weighted by Crippen LogP contribution is 2.28. The fourth-order valence-corrected chi connectivity index (χ4v) is 3.40. The summed E-state index contributed by atoms with van der Waals surface area (Å²) < 4.78 is 15.8. The standard InChI is InChI=1S/C24H29N5O4/c1-6-7-12-24(2,22(30)33-5)29-21-20-18(9-8-13-25-20)27-23(28-21)26-15-16-10-11-17(31-3)14-19(16)32-4/h6,8-11,13-14H,1,7,12,15H2,2-5H3,(H2,26,27,28,29). The number of nitrogens with zero attached hydrogens (tertiary/aromatic N) is 3. The highest BCUT2D eigenvalue weighted by atomic mass is 16.5. The molecule has 2 N–H and O–H groups in total. The molecule has 0 amide bonds. The first kappa shape index (κ1) is 23.8. The number of ether oxygens (including phenoxy) is 3. The summed E-state index contributed by atoms with van der Waals surface area (Å²) in [6.07, 6.45) is 4.52. The molecule has 1 aromatic carbocycles. The van der Waals surface area contributed by atoms with Crippen LogP contribution < -0.4 is 20.1 Å². The van der Waals surface area contributed by atoms with E-state index in [0.717, 1.165) is 5.56 Å². The number of aromatic nitrogens is 3. The Morgan fingerprint density at radius 3 is 2.70 bits per heavy atom. The molecule has 0 bridgehead atoms. The second kappa shape index (κ2) is 10.6. The van der Waals surface area contributed by atoms with Crippen molar-refractivity contribution < 1.29 is 19.0 Å². The molecule has 174 valence electrons. The number of fused-ring (bicyclic) bond motifs is 1. The van der Waals surface area contributed by atoms with Gasteiger partial charge in [-0.1, -0.05) is 6.08 Å². The molecule has 3 aromatic rings. The van der Waals surface area contributed by atoms with Gasteiger partial charge in [-0.2, -0.15) is 4.98 Å². The van der Waals surface area contributed by atoms with Gasteiger partial charge in [-0.3, -0.25) is 4.98 Å². The van der Waals surface area contributed by atoms with Gasteiger partial charge in [-0.15, -0.1) is 6.58 Å². The monoisotopic (exact) mass is 451 g/mol. The number of esters is 1. The SMILES string of the molecule is C=CCCC(C)(Nc1nc(NCc2ccc(OC)cc2OC)nc2cccnc12)C(=O)OC. The Morgan fingerprint density at radius 1 is 1.18 bits per heavy atom. The molecule has 3 rings (SSSR count). The van der Waals surface area contributed by atoms with Crippen molar-refractivity contribution >= 4 is 28.8 Å². The molecule has 2 aromatic heterocycles. The van der Waals surface area contributed by atoms with E-state index in [1.165, 1.54) is 7.11 Å². The van der Waals surface area contributed by atoms with E-state index in [1.54, 1.807) is 39.5 Å². The molecular formula is C24H29N5O4. The summed E-state index contributed by atoms with van der Waals surface area (Å²) in [7, 11) is 4.58. The zero-order chi connectivity index (χ0) is 23.8.